The van der Waals surface area contributed by atoms with Crippen molar-refractivity contribution in [3.63, 3.8) is 0 Å². The number of carbonyl (C=O) groups is 1. The maximum atomic E-state index is 11.4. The van der Waals surface area contributed by atoms with E-state index < -0.39 is 0 Å². The van der Waals surface area contributed by atoms with Crippen molar-refractivity contribution in [2.45, 2.75) is 33.1 Å². The quantitative estimate of drug-likeness (QED) is 0.545. The zero-order valence-corrected chi connectivity index (χ0v) is 15.7. The van der Waals surface area contributed by atoms with Gasteiger partial charge in [-0.1, -0.05) is 20.8 Å². The standard InChI is InChI=1S/C20H24O3S/c1-6-23-19(21)12-9-15-8-11-18(24-15)14-7-10-17(22-5)16(13-14)20(2,3)4/h7-13H,6H2,1-5H3/b12-9+. The number of ether oxygens (including phenoxy) is 2. The second-order valence-electron chi connectivity index (χ2n) is 6.45. The summed E-state index contributed by atoms with van der Waals surface area (Å²) in [7, 11) is 1.70. The molecule has 0 spiro atoms. The highest BCUT2D eigenvalue weighted by atomic mass is 32.1. The molecule has 4 heteroatoms. The first kappa shape index (κ1) is 18.3. The average Bonchev–Trinajstić information content (AvgIpc) is 3.01. The highest BCUT2D eigenvalue weighted by Gasteiger charge is 2.19. The summed E-state index contributed by atoms with van der Waals surface area (Å²) >= 11 is 1.64. The zero-order chi connectivity index (χ0) is 17.7. The molecule has 128 valence electrons. The van der Waals surface area contributed by atoms with Gasteiger partial charge in [-0.05, 0) is 54.3 Å². The zero-order valence-electron chi connectivity index (χ0n) is 14.9. The van der Waals surface area contributed by atoms with Crippen molar-refractivity contribution in [2.75, 3.05) is 13.7 Å². The molecule has 3 nitrogen and oxygen atoms in total. The molecule has 0 atom stereocenters. The van der Waals surface area contributed by atoms with E-state index in [2.05, 4.69) is 39.0 Å². The molecule has 0 fully saturated rings. The van der Waals surface area contributed by atoms with Gasteiger partial charge < -0.3 is 9.47 Å². The van der Waals surface area contributed by atoms with Crippen molar-refractivity contribution >= 4 is 23.4 Å². The Morgan fingerprint density at radius 2 is 1.96 bits per heavy atom. The Bertz CT molecular complexity index is 736. The predicted molar refractivity (Wildman–Crippen MR) is 101 cm³/mol. The van der Waals surface area contributed by atoms with Gasteiger partial charge >= 0.3 is 5.97 Å². The first-order valence-electron chi connectivity index (χ1n) is 7.98. The van der Waals surface area contributed by atoms with Gasteiger partial charge in [-0.2, -0.15) is 0 Å². The van der Waals surface area contributed by atoms with Crippen molar-refractivity contribution in [1.29, 1.82) is 0 Å². The van der Waals surface area contributed by atoms with Crippen LogP contribution in [0.25, 0.3) is 16.5 Å². The number of carbonyl (C=O) groups excluding carboxylic acids is 1. The minimum atomic E-state index is -0.313. The summed E-state index contributed by atoms with van der Waals surface area (Å²) < 4.78 is 10.4. The second kappa shape index (κ2) is 7.67. The van der Waals surface area contributed by atoms with Gasteiger partial charge in [0.15, 0.2) is 0 Å². The molecule has 1 heterocycles. The molecule has 0 saturated heterocycles. The lowest BCUT2D eigenvalue weighted by Gasteiger charge is -2.22. The first-order chi connectivity index (χ1) is 11.3. The van der Waals surface area contributed by atoms with Gasteiger partial charge in [0.1, 0.15) is 5.75 Å². The van der Waals surface area contributed by atoms with Crippen molar-refractivity contribution in [2.24, 2.45) is 0 Å². The number of esters is 1. The number of hydrogen-bond acceptors (Lipinski definition) is 4. The molecule has 0 aliphatic carbocycles. The lowest BCUT2D eigenvalue weighted by atomic mass is 9.85. The molecule has 2 aromatic rings. The van der Waals surface area contributed by atoms with E-state index in [0.717, 1.165) is 21.1 Å². The van der Waals surface area contributed by atoms with Gasteiger partial charge in [0.2, 0.25) is 0 Å². The Labute approximate surface area is 147 Å². The monoisotopic (exact) mass is 344 g/mol. The van der Waals surface area contributed by atoms with Crippen LogP contribution in [0.5, 0.6) is 5.75 Å². The average molecular weight is 344 g/mol. The normalized spacial score (nSPS) is 11.7. The molecular weight excluding hydrogens is 320 g/mol. The summed E-state index contributed by atoms with van der Waals surface area (Å²) in [5.74, 6) is 0.595. The van der Waals surface area contributed by atoms with Crippen LogP contribution in [0.3, 0.4) is 0 Å². The number of methoxy groups -OCH3 is 1. The lowest BCUT2D eigenvalue weighted by Crippen LogP contribution is -2.12. The minimum absolute atomic E-state index is 0.00521. The van der Waals surface area contributed by atoms with Gasteiger partial charge in [0, 0.05) is 21.4 Å². The van der Waals surface area contributed by atoms with Crippen molar-refractivity contribution in [3.8, 4) is 16.2 Å². The van der Waals surface area contributed by atoms with E-state index >= 15 is 0 Å². The number of rotatable bonds is 5. The Balaban J connectivity index is 2.29. The first-order valence-corrected chi connectivity index (χ1v) is 8.80. The molecule has 0 unspecified atom stereocenters. The third kappa shape index (κ3) is 4.48. The molecule has 0 aliphatic rings. The van der Waals surface area contributed by atoms with Crippen LogP contribution in [0, 0.1) is 0 Å². The lowest BCUT2D eigenvalue weighted by molar-refractivity contribution is -0.137. The summed E-state index contributed by atoms with van der Waals surface area (Å²) in [6, 6.07) is 10.4. The molecular formula is C20H24O3S. The fourth-order valence-corrected chi connectivity index (χ4v) is 3.29. The third-order valence-electron chi connectivity index (χ3n) is 3.59. The second-order valence-corrected chi connectivity index (χ2v) is 7.57. The van der Waals surface area contributed by atoms with Crippen LogP contribution in [0.2, 0.25) is 0 Å². The summed E-state index contributed by atoms with van der Waals surface area (Å²) in [5, 5.41) is 0. The Morgan fingerprint density at radius 1 is 1.21 bits per heavy atom. The van der Waals surface area contributed by atoms with E-state index in [1.54, 1.807) is 31.4 Å². The van der Waals surface area contributed by atoms with Crippen LogP contribution >= 0.6 is 11.3 Å². The van der Waals surface area contributed by atoms with Crippen LogP contribution in [-0.2, 0) is 14.9 Å². The van der Waals surface area contributed by atoms with Gasteiger partial charge in [-0.25, -0.2) is 4.79 Å². The molecule has 0 amide bonds. The van der Waals surface area contributed by atoms with Gasteiger partial charge in [0.05, 0.1) is 13.7 Å². The van der Waals surface area contributed by atoms with Crippen LogP contribution in [0.15, 0.2) is 36.4 Å². The molecule has 24 heavy (non-hydrogen) atoms. The maximum absolute atomic E-state index is 11.4. The molecule has 0 bridgehead atoms. The number of thiophene rings is 1. The van der Waals surface area contributed by atoms with E-state index in [0.29, 0.717) is 6.61 Å². The predicted octanol–water partition coefficient (Wildman–Crippen LogP) is 5.30. The Hall–Kier alpha value is -2.07. The fourth-order valence-electron chi connectivity index (χ4n) is 2.39. The van der Waals surface area contributed by atoms with E-state index in [1.165, 1.54) is 11.6 Å². The van der Waals surface area contributed by atoms with Gasteiger partial charge in [-0.3, -0.25) is 0 Å². The van der Waals surface area contributed by atoms with Crippen LogP contribution in [0.1, 0.15) is 38.1 Å². The Morgan fingerprint density at radius 3 is 2.58 bits per heavy atom. The highest BCUT2D eigenvalue weighted by molar-refractivity contribution is 7.16. The van der Waals surface area contributed by atoms with Crippen LogP contribution in [-0.4, -0.2) is 19.7 Å². The van der Waals surface area contributed by atoms with E-state index in [9.17, 15) is 4.79 Å². The van der Waals surface area contributed by atoms with Crippen LogP contribution in [0.4, 0.5) is 0 Å². The van der Waals surface area contributed by atoms with Crippen molar-refractivity contribution in [3.05, 3.63) is 46.8 Å². The Kier molecular flexibility index (Phi) is 5.84. The number of hydrogen-bond donors (Lipinski definition) is 0. The SMILES string of the molecule is CCOC(=O)/C=C/c1ccc(-c2ccc(OC)c(C(C)(C)C)c2)s1. The topological polar surface area (TPSA) is 35.5 Å². The summed E-state index contributed by atoms with van der Waals surface area (Å²) in [6.07, 6.45) is 3.26. The molecule has 0 radical (unpaired) electrons. The molecule has 0 aliphatic heterocycles. The van der Waals surface area contributed by atoms with E-state index in [-0.39, 0.29) is 11.4 Å². The van der Waals surface area contributed by atoms with Crippen molar-refractivity contribution < 1.29 is 14.3 Å². The highest BCUT2D eigenvalue weighted by Crippen LogP contribution is 2.37. The van der Waals surface area contributed by atoms with Crippen LogP contribution < -0.4 is 4.74 Å². The summed E-state index contributed by atoms with van der Waals surface area (Å²) in [4.78, 5) is 13.6. The third-order valence-corrected chi connectivity index (χ3v) is 4.69. The largest absolute Gasteiger partial charge is 0.496 e. The molecule has 1 aromatic carbocycles. The molecule has 0 saturated carbocycles. The number of benzene rings is 1. The minimum Gasteiger partial charge on any atom is -0.496 e. The molecule has 0 N–H and O–H groups in total. The fraction of sp³-hybridized carbons (Fsp3) is 0.350. The molecule has 1 aromatic heterocycles. The maximum Gasteiger partial charge on any atom is 0.330 e. The summed E-state index contributed by atoms with van der Waals surface area (Å²) in [5.41, 5.74) is 2.34. The van der Waals surface area contributed by atoms with E-state index in [1.807, 2.05) is 12.1 Å². The van der Waals surface area contributed by atoms with Crippen molar-refractivity contribution in [1.82, 2.24) is 0 Å². The van der Waals surface area contributed by atoms with Gasteiger partial charge in [0.25, 0.3) is 0 Å². The van der Waals surface area contributed by atoms with Gasteiger partial charge in [-0.15, -0.1) is 11.3 Å². The summed E-state index contributed by atoms with van der Waals surface area (Å²) in [6.45, 7) is 8.72. The van der Waals surface area contributed by atoms with E-state index in [4.69, 9.17) is 9.47 Å². The molecule has 2 rings (SSSR count). The smallest absolute Gasteiger partial charge is 0.330 e.